The van der Waals surface area contributed by atoms with E-state index in [0.29, 0.717) is 6.54 Å². The second kappa shape index (κ2) is 6.89. The number of pyridine rings is 1. The zero-order chi connectivity index (χ0) is 15.5. The zero-order valence-corrected chi connectivity index (χ0v) is 12.6. The van der Waals surface area contributed by atoms with Crippen LogP contribution in [-0.4, -0.2) is 83.8 Å². The van der Waals surface area contributed by atoms with Gasteiger partial charge in [-0.15, -0.1) is 0 Å². The molecule has 0 radical (unpaired) electrons. The normalized spacial score (nSPS) is 33.3. The Morgan fingerprint density at radius 2 is 2.00 bits per heavy atom. The molecule has 7 nitrogen and oxygen atoms in total. The van der Waals surface area contributed by atoms with Crippen molar-refractivity contribution in [2.24, 2.45) is 5.73 Å². The van der Waals surface area contributed by atoms with Crippen molar-refractivity contribution in [3.8, 4) is 0 Å². The highest BCUT2D eigenvalue weighted by Gasteiger charge is 2.46. The number of aromatic nitrogens is 1. The fourth-order valence-corrected chi connectivity index (χ4v) is 3.41. The molecule has 0 aromatic carbocycles. The van der Waals surface area contributed by atoms with Crippen LogP contribution in [0.4, 0.5) is 5.82 Å². The lowest BCUT2D eigenvalue weighted by atomic mass is 10.0. The molecule has 4 N–H and O–H groups in total. The second-order valence-corrected chi connectivity index (χ2v) is 5.82. The number of anilines is 1. The number of ether oxygens (including phenoxy) is 1. The molecule has 7 heteroatoms. The molecule has 2 saturated heterocycles. The minimum absolute atomic E-state index is 0.145. The third-order valence-electron chi connectivity index (χ3n) is 4.58. The topological polar surface area (TPSA) is 95.1 Å². The summed E-state index contributed by atoms with van der Waals surface area (Å²) < 4.78 is 5.66. The Bertz CT molecular complexity index is 465. The van der Waals surface area contributed by atoms with Gasteiger partial charge in [-0.25, -0.2) is 4.98 Å². The summed E-state index contributed by atoms with van der Waals surface area (Å²) in [7, 11) is 0. The van der Waals surface area contributed by atoms with Gasteiger partial charge in [-0.1, -0.05) is 6.07 Å². The number of aliphatic hydroxyl groups excluding tert-OH is 2. The Morgan fingerprint density at radius 1 is 1.23 bits per heavy atom. The summed E-state index contributed by atoms with van der Waals surface area (Å²) in [5, 5.41) is 19.7. The molecule has 1 aromatic heterocycles. The predicted molar refractivity (Wildman–Crippen MR) is 82.6 cm³/mol. The molecule has 122 valence electrons. The fourth-order valence-electron chi connectivity index (χ4n) is 3.41. The maximum atomic E-state index is 10.4. The number of nitrogens with two attached hydrogens (primary N) is 1. The molecule has 3 rings (SSSR count). The molecule has 1 aromatic rings. The van der Waals surface area contributed by atoms with Crippen LogP contribution >= 0.6 is 0 Å². The summed E-state index contributed by atoms with van der Waals surface area (Å²) in [5.41, 5.74) is 5.76. The van der Waals surface area contributed by atoms with Crippen molar-refractivity contribution in [2.45, 2.75) is 24.4 Å². The Kier molecular flexibility index (Phi) is 4.90. The first-order valence-electron chi connectivity index (χ1n) is 7.79. The van der Waals surface area contributed by atoms with Crippen LogP contribution in [0.25, 0.3) is 0 Å². The first kappa shape index (κ1) is 15.6. The van der Waals surface area contributed by atoms with Crippen molar-refractivity contribution < 1.29 is 14.9 Å². The number of piperazine rings is 1. The van der Waals surface area contributed by atoms with Crippen LogP contribution in [0.1, 0.15) is 0 Å². The number of rotatable bonds is 4. The van der Waals surface area contributed by atoms with E-state index in [1.807, 2.05) is 18.2 Å². The lowest BCUT2D eigenvalue weighted by Crippen LogP contribution is -2.57. The van der Waals surface area contributed by atoms with Crippen LogP contribution in [0.2, 0.25) is 0 Å². The molecular formula is C15H24N4O3. The number of aliphatic hydroxyl groups is 2. The largest absolute Gasteiger partial charge is 0.394 e. The summed E-state index contributed by atoms with van der Waals surface area (Å²) in [6.45, 7) is 3.50. The van der Waals surface area contributed by atoms with E-state index in [1.54, 1.807) is 6.20 Å². The maximum absolute atomic E-state index is 10.4. The van der Waals surface area contributed by atoms with E-state index in [-0.39, 0.29) is 18.8 Å². The molecule has 0 saturated carbocycles. The zero-order valence-electron chi connectivity index (χ0n) is 12.6. The molecule has 2 aliphatic heterocycles. The molecule has 2 aliphatic rings. The van der Waals surface area contributed by atoms with Crippen LogP contribution < -0.4 is 10.6 Å². The van der Waals surface area contributed by atoms with Crippen LogP contribution in [0.3, 0.4) is 0 Å². The van der Waals surface area contributed by atoms with Crippen LogP contribution in [0, 0.1) is 0 Å². The van der Waals surface area contributed by atoms with E-state index in [1.165, 1.54) is 0 Å². The molecule has 2 fully saturated rings. The third kappa shape index (κ3) is 2.95. The van der Waals surface area contributed by atoms with Gasteiger partial charge in [-0.3, -0.25) is 4.90 Å². The SMILES string of the molecule is NCC1OC(CO)C(O)C1N1CCN(c2ccccn2)CC1. The highest BCUT2D eigenvalue weighted by atomic mass is 16.5. The number of nitrogens with zero attached hydrogens (tertiary/aromatic N) is 3. The monoisotopic (exact) mass is 308 g/mol. The summed E-state index contributed by atoms with van der Waals surface area (Å²) in [4.78, 5) is 8.83. The minimum Gasteiger partial charge on any atom is -0.394 e. The van der Waals surface area contributed by atoms with E-state index in [2.05, 4.69) is 14.8 Å². The average molecular weight is 308 g/mol. The highest BCUT2D eigenvalue weighted by molar-refractivity contribution is 5.38. The first-order chi connectivity index (χ1) is 10.7. The quantitative estimate of drug-likeness (QED) is 0.633. The summed E-state index contributed by atoms with van der Waals surface area (Å²) in [5.74, 6) is 0.981. The van der Waals surface area contributed by atoms with Crippen molar-refractivity contribution in [1.82, 2.24) is 9.88 Å². The van der Waals surface area contributed by atoms with Gasteiger partial charge in [-0.05, 0) is 12.1 Å². The molecule has 0 aliphatic carbocycles. The van der Waals surface area contributed by atoms with Crippen molar-refractivity contribution in [1.29, 1.82) is 0 Å². The van der Waals surface area contributed by atoms with Crippen molar-refractivity contribution >= 4 is 5.82 Å². The van der Waals surface area contributed by atoms with E-state index in [0.717, 1.165) is 32.0 Å². The van der Waals surface area contributed by atoms with Gasteiger partial charge < -0.3 is 25.6 Å². The Balaban J connectivity index is 1.63. The molecular weight excluding hydrogens is 284 g/mol. The maximum Gasteiger partial charge on any atom is 0.128 e. The average Bonchev–Trinajstić information content (AvgIpc) is 2.91. The number of hydrogen-bond acceptors (Lipinski definition) is 7. The molecule has 0 bridgehead atoms. The van der Waals surface area contributed by atoms with E-state index in [9.17, 15) is 10.2 Å². The van der Waals surface area contributed by atoms with E-state index < -0.39 is 12.2 Å². The van der Waals surface area contributed by atoms with Gasteiger partial charge in [0, 0.05) is 38.9 Å². The van der Waals surface area contributed by atoms with Crippen LogP contribution in [0.15, 0.2) is 24.4 Å². The van der Waals surface area contributed by atoms with Gasteiger partial charge >= 0.3 is 0 Å². The number of hydrogen-bond donors (Lipinski definition) is 3. The summed E-state index contributed by atoms with van der Waals surface area (Å²) in [6, 6.07) is 5.76. The Labute approximate surface area is 130 Å². The highest BCUT2D eigenvalue weighted by Crippen LogP contribution is 2.26. The van der Waals surface area contributed by atoms with Crippen molar-refractivity contribution in [2.75, 3.05) is 44.2 Å². The van der Waals surface area contributed by atoms with Gasteiger partial charge in [0.05, 0.1) is 18.8 Å². The van der Waals surface area contributed by atoms with Crippen LogP contribution in [0.5, 0.6) is 0 Å². The lowest BCUT2D eigenvalue weighted by Gasteiger charge is -2.40. The first-order valence-corrected chi connectivity index (χ1v) is 7.79. The van der Waals surface area contributed by atoms with Crippen molar-refractivity contribution in [3.63, 3.8) is 0 Å². The molecule has 22 heavy (non-hydrogen) atoms. The molecule has 4 atom stereocenters. The Morgan fingerprint density at radius 3 is 2.59 bits per heavy atom. The molecule has 0 amide bonds. The van der Waals surface area contributed by atoms with E-state index >= 15 is 0 Å². The fraction of sp³-hybridized carbons (Fsp3) is 0.667. The minimum atomic E-state index is -0.694. The lowest BCUT2D eigenvalue weighted by molar-refractivity contribution is -0.0193. The van der Waals surface area contributed by atoms with Crippen LogP contribution in [-0.2, 0) is 4.74 Å². The third-order valence-corrected chi connectivity index (χ3v) is 4.58. The predicted octanol–water partition coefficient (Wildman–Crippen LogP) is -1.35. The Hall–Kier alpha value is -1.25. The summed E-state index contributed by atoms with van der Waals surface area (Å²) >= 11 is 0. The van der Waals surface area contributed by atoms with Crippen molar-refractivity contribution in [3.05, 3.63) is 24.4 Å². The molecule has 0 spiro atoms. The van der Waals surface area contributed by atoms with Gasteiger partial charge in [0.15, 0.2) is 0 Å². The van der Waals surface area contributed by atoms with Gasteiger partial charge in [0.25, 0.3) is 0 Å². The molecule has 3 heterocycles. The molecule has 4 unspecified atom stereocenters. The standard InChI is InChI=1S/C15H24N4O3/c16-9-11-14(15(21)12(10-20)22-11)19-7-5-18(6-8-19)13-3-1-2-4-17-13/h1-4,11-12,14-15,20-21H,5-10,16H2. The van der Waals surface area contributed by atoms with Gasteiger partial charge in [0.2, 0.25) is 0 Å². The van der Waals surface area contributed by atoms with E-state index in [4.69, 9.17) is 10.5 Å². The second-order valence-electron chi connectivity index (χ2n) is 5.82. The summed E-state index contributed by atoms with van der Waals surface area (Å²) in [6.07, 6.45) is 0.341. The van der Waals surface area contributed by atoms with Gasteiger partial charge in [0.1, 0.15) is 18.0 Å². The van der Waals surface area contributed by atoms with Gasteiger partial charge in [-0.2, -0.15) is 0 Å². The smallest absolute Gasteiger partial charge is 0.128 e.